The maximum Gasteiger partial charge on any atom is 0.237 e. The van der Waals surface area contributed by atoms with E-state index >= 15 is 0 Å². The Labute approximate surface area is 92.8 Å². The van der Waals surface area contributed by atoms with Gasteiger partial charge >= 0.3 is 0 Å². The minimum Gasteiger partial charge on any atom is -0.368 e. The lowest BCUT2D eigenvalue weighted by molar-refractivity contribution is -0.126. The summed E-state index contributed by atoms with van der Waals surface area (Å²) in [6.45, 7) is 7.30. The summed E-state index contributed by atoms with van der Waals surface area (Å²) in [5.41, 5.74) is 5.12. The molecule has 0 heterocycles. The Morgan fingerprint density at radius 3 is 2.73 bits per heavy atom. The number of primary amides is 1. The van der Waals surface area contributed by atoms with E-state index in [1.807, 2.05) is 6.92 Å². The first-order chi connectivity index (χ1) is 7.02. The van der Waals surface area contributed by atoms with E-state index in [1.54, 1.807) is 0 Å². The summed E-state index contributed by atoms with van der Waals surface area (Å²) in [7, 11) is 0. The number of nitrogens with two attached hydrogens (primary N) is 1. The molecule has 2 atom stereocenters. The van der Waals surface area contributed by atoms with Crippen LogP contribution >= 0.6 is 0 Å². The van der Waals surface area contributed by atoms with Crippen LogP contribution in [0, 0.1) is 11.8 Å². The first-order valence-corrected chi connectivity index (χ1v) is 6.07. The van der Waals surface area contributed by atoms with E-state index in [0.29, 0.717) is 11.8 Å². The molecule has 3 heteroatoms. The van der Waals surface area contributed by atoms with Crippen LogP contribution in [-0.4, -0.2) is 18.0 Å². The molecule has 88 valence electrons. The number of carbonyl (C=O) groups excluding carboxylic acids is 1. The van der Waals surface area contributed by atoms with Gasteiger partial charge in [0.05, 0.1) is 5.54 Å². The summed E-state index contributed by atoms with van der Waals surface area (Å²) in [6, 6.07) is 0. The lowest BCUT2D eigenvalue weighted by atomic mass is 9.71. The topological polar surface area (TPSA) is 55.1 Å². The number of carbonyl (C=O) groups is 1. The summed E-state index contributed by atoms with van der Waals surface area (Å²) >= 11 is 0. The maximum absolute atomic E-state index is 11.6. The van der Waals surface area contributed by atoms with Gasteiger partial charge in [0.25, 0.3) is 0 Å². The van der Waals surface area contributed by atoms with Crippen molar-refractivity contribution in [2.45, 2.75) is 52.0 Å². The molecular weight excluding hydrogens is 188 g/mol. The van der Waals surface area contributed by atoms with Crippen molar-refractivity contribution in [1.29, 1.82) is 0 Å². The second kappa shape index (κ2) is 4.97. The van der Waals surface area contributed by atoms with Crippen LogP contribution in [0.15, 0.2) is 0 Å². The molecule has 2 unspecified atom stereocenters. The van der Waals surface area contributed by atoms with Crippen molar-refractivity contribution < 1.29 is 4.79 Å². The van der Waals surface area contributed by atoms with Gasteiger partial charge in [-0.05, 0) is 31.2 Å². The molecule has 1 aliphatic carbocycles. The first kappa shape index (κ1) is 12.5. The van der Waals surface area contributed by atoms with Gasteiger partial charge in [0.15, 0.2) is 0 Å². The predicted molar refractivity (Wildman–Crippen MR) is 62.4 cm³/mol. The lowest BCUT2D eigenvalue weighted by Gasteiger charge is -2.40. The van der Waals surface area contributed by atoms with Crippen LogP contribution in [0.4, 0.5) is 0 Å². The van der Waals surface area contributed by atoms with Crippen LogP contribution in [0.1, 0.15) is 46.5 Å². The molecule has 1 aliphatic rings. The van der Waals surface area contributed by atoms with Crippen molar-refractivity contribution in [3.05, 3.63) is 0 Å². The second-order valence-corrected chi connectivity index (χ2v) is 5.08. The normalized spacial score (nSPS) is 31.9. The number of amides is 1. The number of hydrogen-bond acceptors (Lipinski definition) is 2. The zero-order chi connectivity index (χ0) is 11.5. The van der Waals surface area contributed by atoms with Gasteiger partial charge in [0.1, 0.15) is 0 Å². The van der Waals surface area contributed by atoms with Crippen LogP contribution in [0.5, 0.6) is 0 Å². The predicted octanol–water partition coefficient (Wildman–Crippen LogP) is 1.67. The number of nitrogens with one attached hydrogen (secondary N) is 1. The molecule has 1 rings (SSSR count). The molecule has 0 saturated heterocycles. The Balaban J connectivity index is 2.75. The van der Waals surface area contributed by atoms with Crippen molar-refractivity contribution in [2.24, 2.45) is 17.6 Å². The zero-order valence-electron chi connectivity index (χ0n) is 10.2. The van der Waals surface area contributed by atoms with Gasteiger partial charge in [0.2, 0.25) is 5.91 Å². The SMILES string of the molecule is CCNC1(C(N)=O)CCCC(C(C)C)C1. The number of hydrogen-bond donors (Lipinski definition) is 2. The summed E-state index contributed by atoms with van der Waals surface area (Å²) < 4.78 is 0. The van der Waals surface area contributed by atoms with Crippen LogP contribution in [0.25, 0.3) is 0 Å². The highest BCUT2D eigenvalue weighted by molar-refractivity contribution is 5.84. The molecule has 0 aliphatic heterocycles. The van der Waals surface area contributed by atoms with Crippen LogP contribution in [0.3, 0.4) is 0 Å². The molecule has 3 N–H and O–H groups in total. The molecule has 1 amide bonds. The number of likely N-dealkylation sites (N-methyl/N-ethyl adjacent to an activating group) is 1. The molecule has 3 nitrogen and oxygen atoms in total. The zero-order valence-corrected chi connectivity index (χ0v) is 10.2. The Hall–Kier alpha value is -0.570. The third-order valence-corrected chi connectivity index (χ3v) is 3.72. The van der Waals surface area contributed by atoms with Crippen LogP contribution in [0.2, 0.25) is 0 Å². The largest absolute Gasteiger partial charge is 0.368 e. The highest BCUT2D eigenvalue weighted by Crippen LogP contribution is 2.36. The fraction of sp³-hybridized carbons (Fsp3) is 0.917. The average Bonchev–Trinajstić information content (AvgIpc) is 2.18. The third-order valence-electron chi connectivity index (χ3n) is 3.72. The molecule has 0 spiro atoms. The van der Waals surface area contributed by atoms with Gasteiger partial charge in [-0.3, -0.25) is 4.79 Å². The molecule has 0 radical (unpaired) electrons. The molecule has 0 aromatic rings. The Kier molecular flexibility index (Phi) is 4.14. The molecule has 1 saturated carbocycles. The third kappa shape index (κ3) is 2.71. The highest BCUT2D eigenvalue weighted by atomic mass is 16.1. The van der Waals surface area contributed by atoms with Crippen molar-refractivity contribution in [3.63, 3.8) is 0 Å². The van der Waals surface area contributed by atoms with Gasteiger partial charge in [-0.15, -0.1) is 0 Å². The molecule has 15 heavy (non-hydrogen) atoms. The van der Waals surface area contributed by atoms with Crippen molar-refractivity contribution in [3.8, 4) is 0 Å². The van der Waals surface area contributed by atoms with Gasteiger partial charge in [-0.2, -0.15) is 0 Å². The van der Waals surface area contributed by atoms with Crippen molar-refractivity contribution in [1.82, 2.24) is 5.32 Å². The lowest BCUT2D eigenvalue weighted by Crippen LogP contribution is -2.58. The van der Waals surface area contributed by atoms with E-state index < -0.39 is 5.54 Å². The van der Waals surface area contributed by atoms with Gasteiger partial charge in [-0.1, -0.05) is 33.6 Å². The van der Waals surface area contributed by atoms with E-state index in [0.717, 1.165) is 25.8 Å². The van der Waals surface area contributed by atoms with E-state index in [9.17, 15) is 4.79 Å². The summed E-state index contributed by atoms with van der Waals surface area (Å²) in [5, 5.41) is 3.31. The van der Waals surface area contributed by atoms with Crippen molar-refractivity contribution in [2.75, 3.05) is 6.54 Å². The molecule has 1 fully saturated rings. The summed E-state index contributed by atoms with van der Waals surface area (Å²) in [4.78, 5) is 11.6. The van der Waals surface area contributed by atoms with E-state index in [4.69, 9.17) is 5.73 Å². The van der Waals surface area contributed by atoms with Crippen LogP contribution < -0.4 is 11.1 Å². The monoisotopic (exact) mass is 212 g/mol. The second-order valence-electron chi connectivity index (χ2n) is 5.08. The van der Waals surface area contributed by atoms with E-state index in [1.165, 1.54) is 6.42 Å². The maximum atomic E-state index is 11.6. The first-order valence-electron chi connectivity index (χ1n) is 6.07. The molecule has 0 aromatic heterocycles. The molecular formula is C12H24N2O. The Morgan fingerprint density at radius 2 is 2.27 bits per heavy atom. The Bertz CT molecular complexity index is 224. The van der Waals surface area contributed by atoms with Gasteiger partial charge in [0, 0.05) is 0 Å². The van der Waals surface area contributed by atoms with Gasteiger partial charge < -0.3 is 11.1 Å². The average molecular weight is 212 g/mol. The van der Waals surface area contributed by atoms with E-state index in [-0.39, 0.29) is 5.91 Å². The smallest absolute Gasteiger partial charge is 0.237 e. The molecule has 0 bridgehead atoms. The quantitative estimate of drug-likeness (QED) is 0.744. The summed E-state index contributed by atoms with van der Waals surface area (Å²) in [6.07, 6.45) is 4.16. The minimum atomic E-state index is -0.429. The Morgan fingerprint density at radius 1 is 1.60 bits per heavy atom. The molecule has 0 aromatic carbocycles. The van der Waals surface area contributed by atoms with Crippen molar-refractivity contribution >= 4 is 5.91 Å². The summed E-state index contributed by atoms with van der Waals surface area (Å²) in [5.74, 6) is 1.10. The van der Waals surface area contributed by atoms with Crippen LogP contribution in [-0.2, 0) is 4.79 Å². The fourth-order valence-electron chi connectivity index (χ4n) is 2.70. The van der Waals surface area contributed by atoms with Gasteiger partial charge in [-0.25, -0.2) is 0 Å². The highest BCUT2D eigenvalue weighted by Gasteiger charge is 2.41. The van der Waals surface area contributed by atoms with E-state index in [2.05, 4.69) is 19.2 Å². The number of rotatable bonds is 4. The standard InChI is InChI=1S/C12H24N2O/c1-4-14-12(11(13)15)7-5-6-10(8-12)9(2)3/h9-10,14H,4-8H2,1-3H3,(H2,13,15). The fourth-order valence-corrected chi connectivity index (χ4v) is 2.70. The minimum absolute atomic E-state index is 0.172.